The van der Waals surface area contributed by atoms with E-state index < -0.39 is 14.2 Å². The second-order valence-electron chi connectivity index (χ2n) is 9.38. The molecule has 0 heterocycles. The van der Waals surface area contributed by atoms with Crippen molar-refractivity contribution in [2.75, 3.05) is 13.2 Å². The summed E-state index contributed by atoms with van der Waals surface area (Å²) >= 11 is 0. The molecule has 1 aromatic rings. The van der Waals surface area contributed by atoms with Gasteiger partial charge in [-0.05, 0) is 44.7 Å². The van der Waals surface area contributed by atoms with Crippen molar-refractivity contribution in [2.45, 2.75) is 71.3 Å². The van der Waals surface area contributed by atoms with Crippen molar-refractivity contribution in [1.82, 2.24) is 0 Å². The highest BCUT2D eigenvalue weighted by Gasteiger charge is 2.21. The summed E-state index contributed by atoms with van der Waals surface area (Å²) < 4.78 is 15.3. The maximum atomic E-state index is 12.6. The first-order chi connectivity index (χ1) is 15.0. The number of Topliss-reactive ketones (excluding diaryl/α,β-unsaturated/α-hetero) is 1. The normalized spacial score (nSPS) is 12.2. The van der Waals surface area contributed by atoms with Crippen molar-refractivity contribution in [3.05, 3.63) is 48.0 Å². The van der Waals surface area contributed by atoms with Gasteiger partial charge in [0, 0.05) is 20.1 Å². The van der Waals surface area contributed by atoms with Crippen molar-refractivity contribution >= 4 is 26.0 Å². The molecule has 0 aromatic heterocycles. The predicted octanol–water partition coefficient (Wildman–Crippen LogP) is 5.83. The molecular formula is C25H38O6Si. The summed E-state index contributed by atoms with van der Waals surface area (Å²) in [4.78, 5) is 36.3. The Bertz CT molecular complexity index is 749. The largest absolute Gasteiger partial charge is 0.508 e. The molecule has 1 atom stereocenters. The van der Waals surface area contributed by atoms with E-state index in [2.05, 4.69) is 26.2 Å². The summed E-state index contributed by atoms with van der Waals surface area (Å²) in [6.45, 7) is 14.4. The number of hydrogen-bond acceptors (Lipinski definition) is 6. The lowest BCUT2D eigenvalue weighted by atomic mass is 9.94. The first-order valence-electron chi connectivity index (χ1n) is 11.2. The van der Waals surface area contributed by atoms with Crippen LogP contribution in [0.5, 0.6) is 0 Å². The van der Waals surface area contributed by atoms with Gasteiger partial charge in [0.05, 0.1) is 18.6 Å². The fourth-order valence-electron chi connectivity index (χ4n) is 2.91. The van der Waals surface area contributed by atoms with Crippen LogP contribution in [0, 0.1) is 5.92 Å². The maximum absolute atomic E-state index is 12.6. The number of allylic oxidation sites excluding steroid dienone is 1. The van der Waals surface area contributed by atoms with Crippen molar-refractivity contribution in [2.24, 2.45) is 5.92 Å². The predicted molar refractivity (Wildman–Crippen MR) is 129 cm³/mol. The van der Waals surface area contributed by atoms with Crippen LogP contribution in [0.2, 0.25) is 25.7 Å². The number of benzene rings is 1. The van der Waals surface area contributed by atoms with E-state index in [0.717, 1.165) is 18.0 Å². The zero-order valence-electron chi connectivity index (χ0n) is 20.1. The summed E-state index contributed by atoms with van der Waals surface area (Å²) in [6.07, 6.45) is 2.83. The second-order valence-corrected chi connectivity index (χ2v) is 15.0. The van der Waals surface area contributed by atoms with Gasteiger partial charge in [-0.1, -0.05) is 50.0 Å². The van der Waals surface area contributed by atoms with E-state index in [1.54, 1.807) is 26.0 Å². The number of carbonyl (C=O) groups excluding carboxylic acids is 3. The summed E-state index contributed by atoms with van der Waals surface area (Å²) in [5.74, 6) is -0.532. The van der Waals surface area contributed by atoms with E-state index in [-0.39, 0.29) is 36.8 Å². The third-order valence-electron chi connectivity index (χ3n) is 4.79. The summed E-state index contributed by atoms with van der Waals surface area (Å²) in [7, 11) is -1.26. The molecule has 1 rings (SSSR count). The molecule has 0 radical (unpaired) electrons. The molecule has 1 unspecified atom stereocenters. The lowest BCUT2D eigenvalue weighted by Gasteiger charge is -2.19. The molecular weight excluding hydrogens is 424 g/mol. The fraction of sp³-hybridized carbons (Fsp3) is 0.560. The number of ketones is 1. The molecule has 7 heteroatoms. The molecule has 0 aliphatic heterocycles. The Hall–Kier alpha value is -2.41. The highest BCUT2D eigenvalue weighted by Crippen LogP contribution is 2.19. The molecule has 6 nitrogen and oxygen atoms in total. The third kappa shape index (κ3) is 11.8. The van der Waals surface area contributed by atoms with Crippen LogP contribution in [0.25, 0.3) is 0 Å². The van der Waals surface area contributed by atoms with Crippen LogP contribution < -0.4 is 0 Å². The van der Waals surface area contributed by atoms with Gasteiger partial charge in [0.15, 0.2) is 5.78 Å². The third-order valence-corrected chi connectivity index (χ3v) is 6.49. The lowest BCUT2D eigenvalue weighted by Crippen LogP contribution is -2.25. The maximum Gasteiger partial charge on any atom is 0.508 e. The average molecular weight is 463 g/mol. The van der Waals surface area contributed by atoms with E-state index in [1.165, 1.54) is 0 Å². The summed E-state index contributed by atoms with van der Waals surface area (Å²) in [5, 5.41) is 0. The number of rotatable bonds is 14. The van der Waals surface area contributed by atoms with Crippen LogP contribution in [0.3, 0.4) is 0 Å². The van der Waals surface area contributed by atoms with E-state index in [0.29, 0.717) is 25.0 Å². The minimum absolute atomic E-state index is 0.0287. The molecule has 0 spiro atoms. The quantitative estimate of drug-likeness (QED) is 0.150. The Morgan fingerprint density at radius 2 is 1.69 bits per heavy atom. The SMILES string of the molecule is C=CCCC(Cc1ccc(C(=O)CCOC(=O)OC(C)C)cc1)C(=O)OCC[Si](C)(C)C. The van der Waals surface area contributed by atoms with Gasteiger partial charge >= 0.3 is 12.1 Å². The Balaban J connectivity index is 2.61. The minimum Gasteiger partial charge on any atom is -0.466 e. The van der Waals surface area contributed by atoms with Crippen LogP contribution in [-0.4, -0.2) is 45.3 Å². The zero-order chi connectivity index (χ0) is 24.1. The Labute approximate surface area is 193 Å². The van der Waals surface area contributed by atoms with Crippen LogP contribution in [0.1, 0.15) is 49.0 Å². The van der Waals surface area contributed by atoms with E-state index >= 15 is 0 Å². The standard InChI is InChI=1S/C25H38O6Si/c1-7-8-9-22(24(27)29-16-17-32(4,5)6)18-20-10-12-21(13-11-20)23(26)14-15-30-25(28)31-19(2)3/h7,10-13,19,22H,1,8-9,14-18H2,2-6H3. The van der Waals surface area contributed by atoms with E-state index in [9.17, 15) is 14.4 Å². The molecule has 0 N–H and O–H groups in total. The smallest absolute Gasteiger partial charge is 0.466 e. The van der Waals surface area contributed by atoms with Gasteiger partial charge in [-0.2, -0.15) is 0 Å². The zero-order valence-corrected chi connectivity index (χ0v) is 21.1. The van der Waals surface area contributed by atoms with Gasteiger partial charge < -0.3 is 14.2 Å². The highest BCUT2D eigenvalue weighted by atomic mass is 28.3. The Morgan fingerprint density at radius 3 is 2.25 bits per heavy atom. The average Bonchev–Trinajstić information content (AvgIpc) is 2.69. The molecule has 0 saturated carbocycles. The summed E-state index contributed by atoms with van der Waals surface area (Å²) in [5.41, 5.74) is 1.50. The summed E-state index contributed by atoms with van der Waals surface area (Å²) in [6, 6.07) is 8.15. The molecule has 0 aliphatic rings. The van der Waals surface area contributed by atoms with Crippen molar-refractivity contribution < 1.29 is 28.6 Å². The van der Waals surface area contributed by atoms with Gasteiger partial charge in [-0.3, -0.25) is 9.59 Å². The minimum atomic E-state index is -1.26. The lowest BCUT2D eigenvalue weighted by molar-refractivity contribution is -0.148. The van der Waals surface area contributed by atoms with Gasteiger partial charge in [-0.15, -0.1) is 6.58 Å². The van der Waals surface area contributed by atoms with Crippen LogP contribution in [0.15, 0.2) is 36.9 Å². The molecule has 0 amide bonds. The molecule has 178 valence electrons. The monoisotopic (exact) mass is 462 g/mol. The van der Waals surface area contributed by atoms with Crippen molar-refractivity contribution in [1.29, 1.82) is 0 Å². The van der Waals surface area contributed by atoms with Gasteiger partial charge in [0.1, 0.15) is 6.61 Å². The van der Waals surface area contributed by atoms with Gasteiger partial charge in [0.25, 0.3) is 0 Å². The van der Waals surface area contributed by atoms with E-state index in [4.69, 9.17) is 14.2 Å². The molecule has 0 aliphatic carbocycles. The fourth-order valence-corrected chi connectivity index (χ4v) is 3.62. The Kier molecular flexibility index (Phi) is 12.0. The van der Waals surface area contributed by atoms with Crippen molar-refractivity contribution in [3.8, 4) is 0 Å². The first-order valence-corrected chi connectivity index (χ1v) is 15.0. The van der Waals surface area contributed by atoms with Crippen LogP contribution in [0.4, 0.5) is 4.79 Å². The highest BCUT2D eigenvalue weighted by molar-refractivity contribution is 6.76. The van der Waals surface area contributed by atoms with Gasteiger partial charge in [0.2, 0.25) is 0 Å². The topological polar surface area (TPSA) is 78.9 Å². The van der Waals surface area contributed by atoms with Gasteiger partial charge in [-0.25, -0.2) is 4.79 Å². The molecule has 0 bridgehead atoms. The van der Waals surface area contributed by atoms with Crippen LogP contribution in [-0.2, 0) is 25.4 Å². The van der Waals surface area contributed by atoms with Crippen molar-refractivity contribution in [3.63, 3.8) is 0 Å². The number of ether oxygens (including phenoxy) is 3. The van der Waals surface area contributed by atoms with Crippen LogP contribution >= 0.6 is 0 Å². The molecule has 32 heavy (non-hydrogen) atoms. The Morgan fingerprint density at radius 1 is 1.03 bits per heavy atom. The molecule has 0 saturated heterocycles. The molecule has 1 aromatic carbocycles. The second kappa shape index (κ2) is 13.9. The number of hydrogen-bond donors (Lipinski definition) is 0. The van der Waals surface area contributed by atoms with E-state index in [1.807, 2.05) is 18.2 Å². The first kappa shape index (κ1) is 27.6. The molecule has 0 fully saturated rings. The number of carbonyl (C=O) groups is 3. The number of esters is 1.